The van der Waals surface area contributed by atoms with E-state index in [4.69, 9.17) is 4.74 Å². The first-order valence-corrected chi connectivity index (χ1v) is 9.93. The maximum atomic E-state index is 14.8. The van der Waals surface area contributed by atoms with E-state index in [0.29, 0.717) is 17.2 Å². The number of hydrogen-bond donors (Lipinski definition) is 0. The Kier molecular flexibility index (Phi) is 6.78. The predicted octanol–water partition coefficient (Wildman–Crippen LogP) is 6.81. The second kappa shape index (κ2) is 9.27. The molecule has 0 N–H and O–H groups in total. The molecule has 0 bridgehead atoms. The highest BCUT2D eigenvalue weighted by Gasteiger charge is 2.24. The van der Waals surface area contributed by atoms with Crippen molar-refractivity contribution in [2.75, 3.05) is 6.61 Å². The Morgan fingerprint density at radius 2 is 1.81 bits per heavy atom. The van der Waals surface area contributed by atoms with E-state index in [1.165, 1.54) is 6.07 Å². The first kappa shape index (κ1) is 19.8. The molecule has 3 heteroatoms. The first-order valence-electron chi connectivity index (χ1n) is 9.93. The number of ether oxygens (including phenoxy) is 1. The van der Waals surface area contributed by atoms with Gasteiger partial charge < -0.3 is 4.74 Å². The molecule has 0 saturated heterocycles. The largest absolute Gasteiger partial charge is 0.379 e. The van der Waals surface area contributed by atoms with E-state index in [2.05, 4.69) is 6.58 Å². The molecule has 3 rings (SSSR count). The summed E-state index contributed by atoms with van der Waals surface area (Å²) >= 11 is 0. The van der Waals surface area contributed by atoms with Crippen LogP contribution in [0, 0.1) is 11.6 Å². The number of benzene rings is 2. The number of rotatable bonds is 7. The Hall–Kier alpha value is -2.00. The smallest absolute Gasteiger partial charge is 0.131 e. The molecule has 0 aromatic heterocycles. The topological polar surface area (TPSA) is 9.23 Å². The average molecular weight is 370 g/mol. The summed E-state index contributed by atoms with van der Waals surface area (Å²) in [4.78, 5) is 0. The van der Waals surface area contributed by atoms with Gasteiger partial charge in [-0.2, -0.15) is 0 Å². The van der Waals surface area contributed by atoms with Crippen LogP contribution in [0.2, 0.25) is 0 Å². The summed E-state index contributed by atoms with van der Waals surface area (Å²) in [7, 11) is 0. The molecule has 1 fully saturated rings. The molecule has 144 valence electrons. The molecule has 0 aliphatic heterocycles. The average Bonchev–Trinajstić information content (AvgIpc) is 2.67. The quantitative estimate of drug-likeness (QED) is 0.486. The highest BCUT2D eigenvalue weighted by atomic mass is 19.1. The summed E-state index contributed by atoms with van der Waals surface area (Å²) in [6.45, 7) is 6.43. The SMILES string of the molecule is C=CCCc1ccc(-c2ccc(C3CCC(OCC)CC3)c(F)c2)c(F)c1. The second-order valence-electron chi connectivity index (χ2n) is 7.31. The third-order valence-corrected chi connectivity index (χ3v) is 5.50. The zero-order valence-corrected chi connectivity index (χ0v) is 16.0. The van der Waals surface area contributed by atoms with E-state index in [-0.39, 0.29) is 17.6 Å². The van der Waals surface area contributed by atoms with Gasteiger partial charge in [-0.05, 0) is 80.2 Å². The molecular formula is C24H28F2O. The fourth-order valence-electron chi connectivity index (χ4n) is 4.02. The van der Waals surface area contributed by atoms with Crippen molar-refractivity contribution >= 4 is 0 Å². The molecule has 27 heavy (non-hydrogen) atoms. The minimum absolute atomic E-state index is 0.224. The zero-order chi connectivity index (χ0) is 19.2. The first-order chi connectivity index (χ1) is 13.1. The van der Waals surface area contributed by atoms with E-state index in [9.17, 15) is 8.78 Å². The van der Waals surface area contributed by atoms with Gasteiger partial charge in [-0.15, -0.1) is 6.58 Å². The summed E-state index contributed by atoms with van der Waals surface area (Å²) in [5.41, 5.74) is 2.71. The lowest BCUT2D eigenvalue weighted by atomic mass is 9.82. The van der Waals surface area contributed by atoms with Gasteiger partial charge in [0.2, 0.25) is 0 Å². The molecule has 2 aromatic carbocycles. The third kappa shape index (κ3) is 4.84. The predicted molar refractivity (Wildman–Crippen MR) is 107 cm³/mol. The summed E-state index contributed by atoms with van der Waals surface area (Å²) < 4.78 is 35.0. The lowest BCUT2D eigenvalue weighted by Crippen LogP contribution is -2.21. The standard InChI is InChI=1S/C24H28F2O/c1-3-5-6-17-7-13-22(23(25)15-17)19-10-14-21(24(26)16-19)18-8-11-20(12-9-18)27-4-2/h3,7,10,13-16,18,20H,1,4-6,8-9,11-12H2,2H3. The van der Waals surface area contributed by atoms with E-state index in [0.717, 1.165) is 56.3 Å². The molecule has 0 unspecified atom stereocenters. The van der Waals surface area contributed by atoms with Gasteiger partial charge in [-0.1, -0.05) is 30.3 Å². The monoisotopic (exact) mass is 370 g/mol. The van der Waals surface area contributed by atoms with E-state index in [1.54, 1.807) is 12.1 Å². The molecule has 2 aromatic rings. The van der Waals surface area contributed by atoms with Crippen LogP contribution in [-0.4, -0.2) is 12.7 Å². The Morgan fingerprint density at radius 1 is 1.04 bits per heavy atom. The fraction of sp³-hybridized carbons (Fsp3) is 0.417. The Labute approximate surface area is 161 Å². The van der Waals surface area contributed by atoms with Gasteiger partial charge in [-0.25, -0.2) is 8.78 Å². The van der Waals surface area contributed by atoms with Gasteiger partial charge in [0, 0.05) is 12.2 Å². The van der Waals surface area contributed by atoms with Crippen LogP contribution in [0.25, 0.3) is 11.1 Å². The van der Waals surface area contributed by atoms with Crippen LogP contribution < -0.4 is 0 Å². The van der Waals surface area contributed by atoms with Crippen molar-refractivity contribution < 1.29 is 13.5 Å². The number of hydrogen-bond acceptors (Lipinski definition) is 1. The van der Waals surface area contributed by atoms with Crippen LogP contribution in [0.15, 0.2) is 49.1 Å². The molecule has 0 atom stereocenters. The van der Waals surface area contributed by atoms with Crippen molar-refractivity contribution in [3.05, 3.63) is 71.8 Å². The lowest BCUT2D eigenvalue weighted by Gasteiger charge is -2.28. The van der Waals surface area contributed by atoms with Gasteiger partial charge in [0.15, 0.2) is 0 Å². The summed E-state index contributed by atoms with van der Waals surface area (Å²) in [5.74, 6) is -0.315. The molecule has 1 nitrogen and oxygen atoms in total. The molecule has 1 aliphatic carbocycles. The molecular weight excluding hydrogens is 342 g/mol. The van der Waals surface area contributed by atoms with Crippen molar-refractivity contribution in [2.24, 2.45) is 0 Å². The molecule has 0 spiro atoms. The van der Waals surface area contributed by atoms with E-state index in [1.807, 2.05) is 31.2 Å². The van der Waals surface area contributed by atoms with Crippen molar-refractivity contribution in [3.63, 3.8) is 0 Å². The Balaban J connectivity index is 1.74. The van der Waals surface area contributed by atoms with Crippen molar-refractivity contribution in [1.82, 2.24) is 0 Å². The molecule has 1 aliphatic rings. The molecule has 0 heterocycles. The zero-order valence-electron chi connectivity index (χ0n) is 16.0. The summed E-state index contributed by atoms with van der Waals surface area (Å²) in [5, 5.41) is 0. The van der Waals surface area contributed by atoms with Gasteiger partial charge in [0.05, 0.1) is 6.10 Å². The lowest BCUT2D eigenvalue weighted by molar-refractivity contribution is 0.0326. The van der Waals surface area contributed by atoms with Crippen LogP contribution in [0.4, 0.5) is 8.78 Å². The van der Waals surface area contributed by atoms with Crippen molar-refractivity contribution in [3.8, 4) is 11.1 Å². The van der Waals surface area contributed by atoms with Crippen LogP contribution in [0.1, 0.15) is 56.1 Å². The Morgan fingerprint density at radius 3 is 2.44 bits per heavy atom. The van der Waals surface area contributed by atoms with Crippen LogP contribution in [-0.2, 0) is 11.2 Å². The van der Waals surface area contributed by atoms with Gasteiger partial charge >= 0.3 is 0 Å². The number of aryl methyl sites for hydroxylation is 1. The van der Waals surface area contributed by atoms with Crippen molar-refractivity contribution in [1.29, 1.82) is 0 Å². The Bertz CT molecular complexity index is 776. The van der Waals surface area contributed by atoms with Crippen LogP contribution >= 0.6 is 0 Å². The third-order valence-electron chi connectivity index (χ3n) is 5.50. The molecule has 0 radical (unpaired) electrons. The van der Waals surface area contributed by atoms with E-state index < -0.39 is 0 Å². The highest BCUT2D eigenvalue weighted by Crippen LogP contribution is 2.36. The summed E-state index contributed by atoms with van der Waals surface area (Å²) in [6.07, 6.45) is 7.53. The van der Waals surface area contributed by atoms with Crippen LogP contribution in [0.5, 0.6) is 0 Å². The maximum absolute atomic E-state index is 14.8. The van der Waals surface area contributed by atoms with E-state index >= 15 is 0 Å². The van der Waals surface area contributed by atoms with Gasteiger partial charge in [0.25, 0.3) is 0 Å². The molecule has 1 saturated carbocycles. The van der Waals surface area contributed by atoms with Gasteiger partial charge in [-0.3, -0.25) is 0 Å². The second-order valence-corrected chi connectivity index (χ2v) is 7.31. The number of allylic oxidation sites excluding steroid dienone is 1. The van der Waals surface area contributed by atoms with Crippen molar-refractivity contribution in [2.45, 2.75) is 57.5 Å². The number of halogens is 2. The summed E-state index contributed by atoms with van der Waals surface area (Å²) in [6, 6.07) is 10.3. The fourth-order valence-corrected chi connectivity index (χ4v) is 4.02. The molecule has 0 amide bonds. The highest BCUT2D eigenvalue weighted by molar-refractivity contribution is 5.65. The minimum Gasteiger partial charge on any atom is -0.379 e. The van der Waals surface area contributed by atoms with Crippen LogP contribution in [0.3, 0.4) is 0 Å². The maximum Gasteiger partial charge on any atom is 0.131 e. The van der Waals surface area contributed by atoms with Gasteiger partial charge in [0.1, 0.15) is 11.6 Å². The normalized spacial score (nSPS) is 19.8. The minimum atomic E-state index is -0.305.